The van der Waals surface area contributed by atoms with Gasteiger partial charge in [0.1, 0.15) is 5.75 Å². The second-order valence-corrected chi connectivity index (χ2v) is 6.26. The summed E-state index contributed by atoms with van der Waals surface area (Å²) < 4.78 is 10.8. The van der Waals surface area contributed by atoms with Crippen LogP contribution in [0.15, 0.2) is 53.3 Å². The van der Waals surface area contributed by atoms with E-state index in [2.05, 4.69) is 32.2 Å². The molecule has 1 atom stereocenters. The lowest BCUT2D eigenvalue weighted by Gasteiger charge is -2.14. The number of ether oxygens (including phenoxy) is 1. The first-order valence-corrected chi connectivity index (χ1v) is 8.41. The molecule has 25 heavy (non-hydrogen) atoms. The smallest absolute Gasteiger partial charge is 0.231 e. The molecule has 0 amide bonds. The van der Waals surface area contributed by atoms with Crippen LogP contribution in [0, 0.1) is 0 Å². The van der Waals surface area contributed by atoms with Gasteiger partial charge in [-0.25, -0.2) is 0 Å². The molecular formula is C19H20N4O2. The van der Waals surface area contributed by atoms with Gasteiger partial charge in [0.15, 0.2) is 0 Å². The maximum absolute atomic E-state index is 5.54. The molecule has 6 nitrogen and oxygen atoms in total. The predicted molar refractivity (Wildman–Crippen MR) is 93.2 cm³/mol. The molecule has 1 fully saturated rings. The second kappa shape index (κ2) is 7.03. The van der Waals surface area contributed by atoms with Crippen molar-refractivity contribution in [2.24, 2.45) is 0 Å². The summed E-state index contributed by atoms with van der Waals surface area (Å²) in [7, 11) is 1.65. The fourth-order valence-electron chi connectivity index (χ4n) is 3.20. The zero-order valence-corrected chi connectivity index (χ0v) is 14.1. The lowest BCUT2D eigenvalue weighted by molar-refractivity contribution is 0.309. The van der Waals surface area contributed by atoms with E-state index in [0.717, 1.165) is 43.3 Å². The third-order valence-electron chi connectivity index (χ3n) is 4.55. The number of benzene rings is 1. The molecule has 1 saturated heterocycles. The van der Waals surface area contributed by atoms with E-state index in [1.165, 1.54) is 5.56 Å². The molecule has 0 bridgehead atoms. The van der Waals surface area contributed by atoms with Gasteiger partial charge in [-0.1, -0.05) is 17.3 Å². The van der Waals surface area contributed by atoms with Gasteiger partial charge in [0, 0.05) is 31.0 Å². The van der Waals surface area contributed by atoms with Gasteiger partial charge in [-0.05, 0) is 42.8 Å². The highest BCUT2D eigenvalue weighted by molar-refractivity contribution is 5.56. The third kappa shape index (κ3) is 3.53. The quantitative estimate of drug-likeness (QED) is 0.713. The van der Waals surface area contributed by atoms with Crippen LogP contribution in [0.1, 0.15) is 23.8 Å². The van der Waals surface area contributed by atoms with Crippen LogP contribution in [0.25, 0.3) is 11.4 Å². The first-order chi connectivity index (χ1) is 12.3. The Balaban J connectivity index is 1.44. The molecule has 0 radical (unpaired) electrons. The largest absolute Gasteiger partial charge is 0.497 e. The minimum atomic E-state index is 0.286. The minimum absolute atomic E-state index is 0.286. The first-order valence-electron chi connectivity index (χ1n) is 8.41. The third-order valence-corrected chi connectivity index (χ3v) is 4.55. The van der Waals surface area contributed by atoms with Crippen molar-refractivity contribution in [2.45, 2.75) is 18.9 Å². The van der Waals surface area contributed by atoms with E-state index >= 15 is 0 Å². The maximum Gasteiger partial charge on any atom is 0.231 e. The molecule has 0 spiro atoms. The Labute approximate surface area is 146 Å². The Bertz CT molecular complexity index is 834. The maximum atomic E-state index is 5.54. The minimum Gasteiger partial charge on any atom is -0.497 e. The zero-order valence-electron chi connectivity index (χ0n) is 14.1. The summed E-state index contributed by atoms with van der Waals surface area (Å²) >= 11 is 0. The van der Waals surface area contributed by atoms with Crippen molar-refractivity contribution in [3.63, 3.8) is 0 Å². The molecule has 4 rings (SSSR count). The number of rotatable bonds is 5. The van der Waals surface area contributed by atoms with E-state index in [0.29, 0.717) is 5.82 Å². The van der Waals surface area contributed by atoms with E-state index in [1.807, 2.05) is 36.7 Å². The summed E-state index contributed by atoms with van der Waals surface area (Å²) in [4.78, 5) is 11.1. The van der Waals surface area contributed by atoms with Gasteiger partial charge in [-0.15, -0.1) is 0 Å². The van der Waals surface area contributed by atoms with E-state index < -0.39 is 0 Å². The summed E-state index contributed by atoms with van der Waals surface area (Å²) in [5.74, 6) is 2.40. The number of hydrogen-bond acceptors (Lipinski definition) is 6. The number of nitrogens with zero attached hydrogens (tertiary/aromatic N) is 4. The van der Waals surface area contributed by atoms with Crippen LogP contribution in [0.2, 0.25) is 0 Å². The molecule has 1 aromatic carbocycles. The van der Waals surface area contributed by atoms with Crippen molar-refractivity contribution in [2.75, 3.05) is 20.2 Å². The molecule has 128 valence electrons. The Morgan fingerprint density at radius 3 is 2.96 bits per heavy atom. The SMILES string of the molecule is COc1cccc(-c2noc([C@H]3CCN(Cc4ccncc4)C3)n2)c1. The van der Waals surface area contributed by atoms with Crippen molar-refractivity contribution >= 4 is 0 Å². The average Bonchev–Trinajstić information content (AvgIpc) is 3.32. The van der Waals surface area contributed by atoms with Gasteiger partial charge >= 0.3 is 0 Å². The standard InChI is InChI=1S/C19H20N4O2/c1-24-17-4-2-3-15(11-17)18-21-19(25-22-18)16-7-10-23(13-16)12-14-5-8-20-9-6-14/h2-6,8-9,11,16H,7,10,12-13H2,1H3/t16-/m0/s1. The fourth-order valence-corrected chi connectivity index (χ4v) is 3.20. The number of likely N-dealkylation sites (tertiary alicyclic amines) is 1. The Morgan fingerprint density at radius 1 is 1.24 bits per heavy atom. The molecule has 3 heterocycles. The molecule has 1 aliphatic rings. The van der Waals surface area contributed by atoms with Crippen LogP contribution in [-0.2, 0) is 6.54 Å². The molecule has 0 unspecified atom stereocenters. The Kier molecular flexibility index (Phi) is 4.43. The summed E-state index contributed by atoms with van der Waals surface area (Å²) in [5.41, 5.74) is 2.18. The van der Waals surface area contributed by atoms with Crippen molar-refractivity contribution in [1.82, 2.24) is 20.0 Å². The summed E-state index contributed by atoms with van der Waals surface area (Å²) in [6, 6.07) is 11.8. The number of hydrogen-bond donors (Lipinski definition) is 0. The molecule has 6 heteroatoms. The molecule has 2 aromatic heterocycles. The van der Waals surface area contributed by atoms with Gasteiger partial charge in [-0.2, -0.15) is 4.98 Å². The van der Waals surface area contributed by atoms with Crippen LogP contribution in [0.5, 0.6) is 5.75 Å². The molecular weight excluding hydrogens is 316 g/mol. The van der Waals surface area contributed by atoms with E-state index in [9.17, 15) is 0 Å². The van der Waals surface area contributed by atoms with Crippen molar-refractivity contribution < 1.29 is 9.26 Å². The summed E-state index contributed by atoms with van der Waals surface area (Å²) in [6.45, 7) is 2.89. The van der Waals surface area contributed by atoms with Gasteiger partial charge in [0.05, 0.1) is 13.0 Å². The monoisotopic (exact) mass is 336 g/mol. The van der Waals surface area contributed by atoms with Gasteiger partial charge in [0.2, 0.25) is 11.7 Å². The van der Waals surface area contributed by atoms with E-state index in [1.54, 1.807) is 7.11 Å². The van der Waals surface area contributed by atoms with E-state index in [4.69, 9.17) is 9.26 Å². The molecule has 0 saturated carbocycles. The zero-order chi connectivity index (χ0) is 17.1. The molecule has 3 aromatic rings. The first kappa shape index (κ1) is 15.8. The number of pyridine rings is 1. The highest BCUT2D eigenvalue weighted by Gasteiger charge is 2.28. The number of aromatic nitrogens is 3. The summed E-state index contributed by atoms with van der Waals surface area (Å²) in [6.07, 6.45) is 4.70. The van der Waals surface area contributed by atoms with Crippen LogP contribution in [0.4, 0.5) is 0 Å². The highest BCUT2D eigenvalue weighted by atomic mass is 16.5. The molecule has 0 N–H and O–H groups in total. The van der Waals surface area contributed by atoms with Crippen LogP contribution >= 0.6 is 0 Å². The topological polar surface area (TPSA) is 64.3 Å². The van der Waals surface area contributed by atoms with Crippen LogP contribution < -0.4 is 4.74 Å². The molecule has 1 aliphatic heterocycles. The highest BCUT2D eigenvalue weighted by Crippen LogP contribution is 2.29. The average molecular weight is 336 g/mol. The molecule has 0 aliphatic carbocycles. The van der Waals surface area contributed by atoms with Crippen molar-refractivity contribution in [3.8, 4) is 17.1 Å². The summed E-state index contributed by atoms with van der Waals surface area (Å²) in [5, 5.41) is 4.15. The lowest BCUT2D eigenvalue weighted by Crippen LogP contribution is -2.19. The van der Waals surface area contributed by atoms with Crippen molar-refractivity contribution in [1.29, 1.82) is 0 Å². The van der Waals surface area contributed by atoms with Gasteiger partial charge in [0.25, 0.3) is 0 Å². The van der Waals surface area contributed by atoms with E-state index in [-0.39, 0.29) is 5.92 Å². The van der Waals surface area contributed by atoms with Crippen LogP contribution in [0.3, 0.4) is 0 Å². The van der Waals surface area contributed by atoms with Gasteiger partial charge < -0.3 is 9.26 Å². The normalized spacial score (nSPS) is 17.7. The Morgan fingerprint density at radius 2 is 2.12 bits per heavy atom. The Hall–Kier alpha value is -2.73. The number of methoxy groups -OCH3 is 1. The van der Waals surface area contributed by atoms with Crippen LogP contribution in [-0.4, -0.2) is 40.2 Å². The van der Waals surface area contributed by atoms with Gasteiger partial charge in [-0.3, -0.25) is 9.88 Å². The lowest BCUT2D eigenvalue weighted by atomic mass is 10.1. The fraction of sp³-hybridized carbons (Fsp3) is 0.316. The predicted octanol–water partition coefficient (Wildman–Crippen LogP) is 3.13. The van der Waals surface area contributed by atoms with Crippen molar-refractivity contribution in [3.05, 3.63) is 60.2 Å². The second-order valence-electron chi connectivity index (χ2n) is 6.26.